The van der Waals surface area contributed by atoms with Crippen LogP contribution in [0, 0.1) is 0 Å². The molecule has 0 bridgehead atoms. The summed E-state index contributed by atoms with van der Waals surface area (Å²) in [5.74, 6) is 1.05. The quantitative estimate of drug-likeness (QED) is 0.180. The third-order valence-corrected chi connectivity index (χ3v) is 8.48. The van der Waals surface area contributed by atoms with Gasteiger partial charge in [0.2, 0.25) is 5.89 Å². The van der Waals surface area contributed by atoms with Crippen molar-refractivity contribution >= 4 is 39.2 Å². The summed E-state index contributed by atoms with van der Waals surface area (Å²) in [6, 6.07) is 51.9. The Balaban J connectivity index is 1.16. The van der Waals surface area contributed by atoms with E-state index >= 15 is 0 Å². The van der Waals surface area contributed by atoms with Crippen LogP contribution in [0.15, 0.2) is 156 Å². The molecule has 0 N–H and O–H groups in total. The molecule has 8 rings (SSSR count). The van der Waals surface area contributed by atoms with Crippen LogP contribution in [0.2, 0.25) is 0 Å². The number of anilines is 3. The summed E-state index contributed by atoms with van der Waals surface area (Å²) in [5, 5.41) is 0. The summed E-state index contributed by atoms with van der Waals surface area (Å²) in [6.45, 7) is 4.37. The first-order valence-electron chi connectivity index (χ1n) is 15.9. The van der Waals surface area contributed by atoms with Gasteiger partial charge in [0.15, 0.2) is 5.58 Å². The number of fused-ring (bicyclic) bond motifs is 2. The number of hydrogen-bond donors (Lipinski definition) is 0. The molecule has 0 aliphatic carbocycles. The second-order valence-electron chi connectivity index (χ2n) is 11.9. The van der Waals surface area contributed by atoms with E-state index in [0.29, 0.717) is 11.8 Å². The first kappa shape index (κ1) is 28.4. The zero-order chi connectivity index (χ0) is 31.7. The molecule has 5 heteroatoms. The topological polar surface area (TPSA) is 55.1 Å². The molecule has 2 heterocycles. The third-order valence-electron chi connectivity index (χ3n) is 8.48. The maximum Gasteiger partial charge on any atom is 0.227 e. The highest BCUT2D eigenvalue weighted by atomic mass is 16.3. The van der Waals surface area contributed by atoms with Crippen LogP contribution in [-0.2, 0) is 0 Å². The molecule has 0 amide bonds. The molecule has 47 heavy (non-hydrogen) atoms. The summed E-state index contributed by atoms with van der Waals surface area (Å²) >= 11 is 0. The van der Waals surface area contributed by atoms with Crippen LogP contribution < -0.4 is 4.90 Å². The van der Waals surface area contributed by atoms with E-state index in [4.69, 9.17) is 19.4 Å². The average Bonchev–Trinajstić information content (AvgIpc) is 3.56. The van der Waals surface area contributed by atoms with Gasteiger partial charge in [0.05, 0.1) is 22.4 Å². The van der Waals surface area contributed by atoms with E-state index in [1.54, 1.807) is 0 Å². The van der Waals surface area contributed by atoms with Crippen LogP contribution in [0.25, 0.3) is 56.1 Å². The monoisotopic (exact) mass is 608 g/mol. The van der Waals surface area contributed by atoms with Crippen molar-refractivity contribution in [2.45, 2.75) is 19.8 Å². The Kier molecular flexibility index (Phi) is 7.27. The first-order valence-corrected chi connectivity index (χ1v) is 15.9. The van der Waals surface area contributed by atoms with Gasteiger partial charge in [-0.3, -0.25) is 0 Å². The standard InChI is InChI=1S/C42H32N4O/c1-28(2)32-21-26-39-38(27-32)45-42(47-39)31-19-24-35(25-20-31)46(33-13-7-4-8-14-33)34-22-17-30(18-23-34)41-40(29-11-5-3-6-12-29)43-36-15-9-10-16-37(36)44-41/h3-28H,1-2H3. The molecule has 0 atom stereocenters. The van der Waals surface area contributed by atoms with Crippen molar-refractivity contribution in [2.75, 3.05) is 4.90 Å². The maximum absolute atomic E-state index is 6.15. The van der Waals surface area contributed by atoms with E-state index in [1.165, 1.54) is 5.56 Å². The molecule has 0 radical (unpaired) electrons. The number of benzene rings is 6. The fourth-order valence-electron chi connectivity index (χ4n) is 5.97. The Hall–Kier alpha value is -6.07. The third kappa shape index (κ3) is 5.53. The predicted molar refractivity (Wildman–Crippen MR) is 192 cm³/mol. The molecule has 6 aromatic carbocycles. The maximum atomic E-state index is 6.15. The number of nitrogens with zero attached hydrogens (tertiary/aromatic N) is 4. The summed E-state index contributed by atoms with van der Waals surface area (Å²) in [6.07, 6.45) is 0. The summed E-state index contributed by atoms with van der Waals surface area (Å²) < 4.78 is 6.15. The van der Waals surface area contributed by atoms with Crippen molar-refractivity contribution in [3.63, 3.8) is 0 Å². The van der Waals surface area contributed by atoms with Gasteiger partial charge < -0.3 is 9.32 Å². The van der Waals surface area contributed by atoms with Gasteiger partial charge in [-0.15, -0.1) is 0 Å². The van der Waals surface area contributed by atoms with E-state index in [1.807, 2.05) is 54.6 Å². The predicted octanol–water partition coefficient (Wildman–Crippen LogP) is 11.4. The lowest BCUT2D eigenvalue weighted by Gasteiger charge is -2.25. The Morgan fingerprint density at radius 2 is 0.979 bits per heavy atom. The van der Waals surface area contributed by atoms with Gasteiger partial charge in [-0.25, -0.2) is 15.0 Å². The molecular formula is C42H32N4O. The molecule has 0 unspecified atom stereocenters. The molecule has 0 aliphatic rings. The summed E-state index contributed by atoms with van der Waals surface area (Å²) in [7, 11) is 0. The number of aromatic nitrogens is 3. The number of hydrogen-bond acceptors (Lipinski definition) is 5. The highest BCUT2D eigenvalue weighted by molar-refractivity contribution is 5.87. The number of rotatable bonds is 7. The molecule has 0 saturated carbocycles. The molecule has 8 aromatic rings. The molecule has 2 aromatic heterocycles. The lowest BCUT2D eigenvalue weighted by molar-refractivity contribution is 0.619. The Bertz CT molecular complexity index is 2310. The lowest BCUT2D eigenvalue weighted by atomic mass is 10.0. The van der Waals surface area contributed by atoms with Gasteiger partial charge in [0.1, 0.15) is 5.52 Å². The molecule has 0 spiro atoms. The van der Waals surface area contributed by atoms with Crippen molar-refractivity contribution < 1.29 is 4.42 Å². The minimum atomic E-state index is 0.434. The van der Waals surface area contributed by atoms with Crippen LogP contribution in [0.4, 0.5) is 17.1 Å². The van der Waals surface area contributed by atoms with E-state index < -0.39 is 0 Å². The van der Waals surface area contributed by atoms with Gasteiger partial charge in [0.25, 0.3) is 0 Å². The van der Waals surface area contributed by atoms with Gasteiger partial charge in [0, 0.05) is 33.8 Å². The molecule has 0 aliphatic heterocycles. The van der Waals surface area contributed by atoms with Crippen LogP contribution >= 0.6 is 0 Å². The van der Waals surface area contributed by atoms with E-state index in [0.717, 1.165) is 67.3 Å². The number of para-hydroxylation sites is 3. The normalized spacial score (nSPS) is 11.4. The first-order chi connectivity index (χ1) is 23.1. The fraction of sp³-hybridized carbons (Fsp3) is 0.0714. The highest BCUT2D eigenvalue weighted by Crippen LogP contribution is 2.38. The van der Waals surface area contributed by atoms with Crippen LogP contribution in [-0.4, -0.2) is 15.0 Å². The van der Waals surface area contributed by atoms with Crippen molar-refractivity contribution in [2.24, 2.45) is 0 Å². The summed E-state index contributed by atoms with van der Waals surface area (Å²) in [5.41, 5.74) is 12.5. The van der Waals surface area contributed by atoms with Gasteiger partial charge in [-0.05, 0) is 84.3 Å². The lowest BCUT2D eigenvalue weighted by Crippen LogP contribution is -2.09. The summed E-state index contributed by atoms with van der Waals surface area (Å²) in [4.78, 5) is 17.2. The SMILES string of the molecule is CC(C)c1ccc2oc(-c3ccc(N(c4ccccc4)c4ccc(-c5nc6ccccc6nc5-c5ccccc5)cc4)cc3)nc2c1. The van der Waals surface area contributed by atoms with E-state index in [9.17, 15) is 0 Å². The zero-order valence-corrected chi connectivity index (χ0v) is 26.2. The van der Waals surface area contributed by atoms with Gasteiger partial charge >= 0.3 is 0 Å². The van der Waals surface area contributed by atoms with Crippen molar-refractivity contribution in [1.29, 1.82) is 0 Å². The van der Waals surface area contributed by atoms with Crippen molar-refractivity contribution in [1.82, 2.24) is 15.0 Å². The minimum absolute atomic E-state index is 0.434. The minimum Gasteiger partial charge on any atom is -0.436 e. The molecule has 226 valence electrons. The largest absolute Gasteiger partial charge is 0.436 e. The Morgan fingerprint density at radius 1 is 0.468 bits per heavy atom. The van der Waals surface area contributed by atoms with Crippen LogP contribution in [0.1, 0.15) is 25.3 Å². The smallest absolute Gasteiger partial charge is 0.227 e. The molecular weight excluding hydrogens is 576 g/mol. The van der Waals surface area contributed by atoms with Crippen LogP contribution in [0.3, 0.4) is 0 Å². The van der Waals surface area contributed by atoms with E-state index in [-0.39, 0.29) is 0 Å². The highest BCUT2D eigenvalue weighted by Gasteiger charge is 2.17. The number of oxazole rings is 1. The van der Waals surface area contributed by atoms with Crippen LogP contribution in [0.5, 0.6) is 0 Å². The average molecular weight is 609 g/mol. The van der Waals surface area contributed by atoms with Crippen molar-refractivity contribution in [3.05, 3.63) is 157 Å². The second kappa shape index (κ2) is 12.0. The Labute approximate surface area is 273 Å². The van der Waals surface area contributed by atoms with E-state index in [2.05, 4.69) is 116 Å². The van der Waals surface area contributed by atoms with Crippen molar-refractivity contribution in [3.8, 4) is 34.0 Å². The Morgan fingerprint density at radius 3 is 1.57 bits per heavy atom. The second-order valence-corrected chi connectivity index (χ2v) is 11.9. The molecule has 5 nitrogen and oxygen atoms in total. The zero-order valence-electron chi connectivity index (χ0n) is 26.2. The molecule has 0 fully saturated rings. The fourth-order valence-corrected chi connectivity index (χ4v) is 5.97. The van der Waals surface area contributed by atoms with Gasteiger partial charge in [-0.2, -0.15) is 0 Å². The molecule has 0 saturated heterocycles. The van der Waals surface area contributed by atoms with Gasteiger partial charge in [-0.1, -0.05) is 92.7 Å².